The highest BCUT2D eigenvalue weighted by Crippen LogP contribution is 2.32. The van der Waals surface area contributed by atoms with Crippen LogP contribution >= 0.6 is 46.6 Å². The largest absolute Gasteiger partial charge is 0.305 e. The van der Waals surface area contributed by atoms with Crippen LogP contribution in [-0.4, -0.2) is 14.8 Å². The van der Waals surface area contributed by atoms with Gasteiger partial charge in [-0.05, 0) is 30.3 Å². The summed E-state index contributed by atoms with van der Waals surface area (Å²) in [6.07, 6.45) is 0. The number of hydrogen-bond acceptors (Lipinski definition) is 3. The molecule has 0 unspecified atom stereocenters. The number of hydrogen-bond donors (Lipinski definition) is 0. The number of rotatable bonds is 4. The van der Waals surface area contributed by atoms with Gasteiger partial charge in [0.2, 0.25) is 0 Å². The van der Waals surface area contributed by atoms with Gasteiger partial charge in [-0.1, -0.05) is 52.6 Å². The molecule has 1 heterocycles. The molecule has 0 aliphatic carbocycles. The molecule has 24 heavy (non-hydrogen) atoms. The third kappa shape index (κ3) is 3.54. The first-order valence-corrected chi connectivity index (χ1v) is 9.00. The van der Waals surface area contributed by atoms with Gasteiger partial charge in [0.05, 0.1) is 5.02 Å². The van der Waals surface area contributed by atoms with Gasteiger partial charge in [-0.3, -0.25) is 0 Å². The topological polar surface area (TPSA) is 30.7 Å². The summed E-state index contributed by atoms with van der Waals surface area (Å²) in [5.41, 5.74) is 1.17. The zero-order valence-electron chi connectivity index (χ0n) is 12.4. The predicted molar refractivity (Wildman–Crippen MR) is 97.4 cm³/mol. The fraction of sp³-hybridized carbons (Fsp3) is 0.125. The van der Waals surface area contributed by atoms with Crippen molar-refractivity contribution in [3.05, 3.63) is 62.8 Å². The summed E-state index contributed by atoms with van der Waals surface area (Å²) in [6.45, 7) is 0. The second-order valence-electron chi connectivity index (χ2n) is 4.98. The van der Waals surface area contributed by atoms with Crippen LogP contribution in [0, 0.1) is 5.82 Å². The lowest BCUT2D eigenvalue weighted by atomic mass is 10.2. The van der Waals surface area contributed by atoms with E-state index in [-0.39, 0.29) is 5.82 Å². The molecule has 3 nitrogen and oxygen atoms in total. The molecule has 0 aliphatic rings. The summed E-state index contributed by atoms with van der Waals surface area (Å²) < 4.78 is 15.6. The minimum atomic E-state index is -0.335. The Morgan fingerprint density at radius 2 is 1.88 bits per heavy atom. The van der Waals surface area contributed by atoms with Gasteiger partial charge in [0.15, 0.2) is 11.0 Å². The van der Waals surface area contributed by atoms with Gasteiger partial charge in [0, 0.05) is 34.0 Å². The lowest BCUT2D eigenvalue weighted by molar-refractivity contribution is 0.617. The van der Waals surface area contributed by atoms with Crippen LogP contribution in [-0.2, 0) is 12.8 Å². The van der Waals surface area contributed by atoms with Crippen LogP contribution < -0.4 is 0 Å². The van der Waals surface area contributed by atoms with Crippen LogP contribution in [0.3, 0.4) is 0 Å². The van der Waals surface area contributed by atoms with E-state index >= 15 is 0 Å². The van der Waals surface area contributed by atoms with Crippen molar-refractivity contribution in [3.8, 4) is 11.4 Å². The van der Waals surface area contributed by atoms with Crippen molar-refractivity contribution < 1.29 is 4.39 Å². The normalized spacial score (nSPS) is 11.0. The standard InChI is InChI=1S/C16H11Cl3FN3S/c1-23-15(10-6-5-9(17)7-13(10)19)21-22-16(23)24-8-11-12(18)3-2-4-14(11)20/h2-7H,8H2,1H3. The SMILES string of the molecule is Cn1c(SCc2c(F)cccc2Cl)nnc1-c1ccc(Cl)cc1Cl. The van der Waals surface area contributed by atoms with Gasteiger partial charge in [0.25, 0.3) is 0 Å². The number of thioether (sulfide) groups is 1. The lowest BCUT2D eigenvalue weighted by Crippen LogP contribution is -1.96. The zero-order valence-corrected chi connectivity index (χ0v) is 15.5. The summed E-state index contributed by atoms with van der Waals surface area (Å²) >= 11 is 19.5. The molecule has 0 amide bonds. The average Bonchev–Trinajstić information content (AvgIpc) is 2.88. The number of halogens is 4. The molecule has 0 fully saturated rings. The third-order valence-electron chi connectivity index (χ3n) is 3.41. The van der Waals surface area contributed by atoms with Crippen LogP contribution in [0.5, 0.6) is 0 Å². The summed E-state index contributed by atoms with van der Waals surface area (Å²) in [5, 5.41) is 10.4. The molecular weight excluding hydrogens is 392 g/mol. The quantitative estimate of drug-likeness (QED) is 0.511. The van der Waals surface area contributed by atoms with E-state index in [9.17, 15) is 4.39 Å². The van der Waals surface area contributed by atoms with E-state index in [0.29, 0.717) is 37.4 Å². The molecule has 3 aromatic rings. The molecule has 0 aliphatic heterocycles. The molecular formula is C16H11Cl3FN3S. The molecule has 0 N–H and O–H groups in total. The Labute approximate surface area is 157 Å². The van der Waals surface area contributed by atoms with Gasteiger partial charge < -0.3 is 4.57 Å². The molecule has 0 atom stereocenters. The molecule has 0 bridgehead atoms. The maximum atomic E-state index is 13.8. The van der Waals surface area contributed by atoms with Gasteiger partial charge in [-0.15, -0.1) is 10.2 Å². The van der Waals surface area contributed by atoms with Crippen molar-refractivity contribution in [1.29, 1.82) is 0 Å². The molecule has 1 aromatic heterocycles. The van der Waals surface area contributed by atoms with Crippen LogP contribution in [0.15, 0.2) is 41.6 Å². The minimum absolute atomic E-state index is 0.335. The molecule has 8 heteroatoms. The summed E-state index contributed by atoms with van der Waals surface area (Å²) in [6, 6.07) is 9.81. The molecule has 0 spiro atoms. The Hall–Kier alpha value is -1.27. The number of benzene rings is 2. The lowest BCUT2D eigenvalue weighted by Gasteiger charge is -2.07. The summed E-state index contributed by atoms with van der Waals surface area (Å²) in [7, 11) is 1.82. The van der Waals surface area contributed by atoms with Crippen LogP contribution in [0.4, 0.5) is 4.39 Å². The highest BCUT2D eigenvalue weighted by atomic mass is 35.5. The molecule has 2 aromatic carbocycles. The van der Waals surface area contributed by atoms with Crippen LogP contribution in [0.25, 0.3) is 11.4 Å². The van der Waals surface area contributed by atoms with E-state index in [1.165, 1.54) is 17.8 Å². The maximum Gasteiger partial charge on any atom is 0.191 e. The van der Waals surface area contributed by atoms with E-state index in [0.717, 1.165) is 5.56 Å². The van der Waals surface area contributed by atoms with Crippen LogP contribution in [0.1, 0.15) is 5.56 Å². The molecule has 124 valence electrons. The Morgan fingerprint density at radius 1 is 1.08 bits per heavy atom. The van der Waals surface area contributed by atoms with Crippen molar-refractivity contribution in [2.75, 3.05) is 0 Å². The number of nitrogens with zero attached hydrogens (tertiary/aromatic N) is 3. The smallest absolute Gasteiger partial charge is 0.191 e. The monoisotopic (exact) mass is 401 g/mol. The second kappa shape index (κ2) is 7.31. The zero-order chi connectivity index (χ0) is 17.3. The first kappa shape index (κ1) is 17.5. The Morgan fingerprint density at radius 3 is 2.58 bits per heavy atom. The van der Waals surface area contributed by atoms with Crippen molar-refractivity contribution in [3.63, 3.8) is 0 Å². The first-order chi connectivity index (χ1) is 11.5. The molecule has 0 saturated carbocycles. The van der Waals surface area contributed by atoms with E-state index in [2.05, 4.69) is 10.2 Å². The summed E-state index contributed by atoms with van der Waals surface area (Å²) in [4.78, 5) is 0. The molecule has 3 rings (SSSR count). The van der Waals surface area contributed by atoms with E-state index in [1.54, 1.807) is 34.9 Å². The molecule has 0 saturated heterocycles. The van der Waals surface area contributed by atoms with Crippen molar-refractivity contribution in [2.24, 2.45) is 7.05 Å². The Balaban J connectivity index is 1.85. The van der Waals surface area contributed by atoms with Gasteiger partial charge >= 0.3 is 0 Å². The fourth-order valence-electron chi connectivity index (χ4n) is 2.15. The van der Waals surface area contributed by atoms with Crippen molar-refractivity contribution in [2.45, 2.75) is 10.9 Å². The van der Waals surface area contributed by atoms with Gasteiger partial charge in [-0.2, -0.15) is 0 Å². The maximum absolute atomic E-state index is 13.8. The molecule has 0 radical (unpaired) electrons. The van der Waals surface area contributed by atoms with Crippen molar-refractivity contribution >= 4 is 46.6 Å². The second-order valence-corrected chi connectivity index (χ2v) is 7.17. The summed E-state index contributed by atoms with van der Waals surface area (Å²) in [5.74, 6) is 0.628. The van der Waals surface area contributed by atoms with E-state index in [1.807, 2.05) is 7.05 Å². The van der Waals surface area contributed by atoms with Crippen LogP contribution in [0.2, 0.25) is 15.1 Å². The van der Waals surface area contributed by atoms with Gasteiger partial charge in [-0.25, -0.2) is 4.39 Å². The average molecular weight is 403 g/mol. The fourth-order valence-corrected chi connectivity index (χ4v) is 3.90. The minimum Gasteiger partial charge on any atom is -0.305 e. The Kier molecular flexibility index (Phi) is 5.35. The number of aromatic nitrogens is 3. The Bertz CT molecular complexity index is 878. The van der Waals surface area contributed by atoms with Gasteiger partial charge in [0.1, 0.15) is 5.82 Å². The van der Waals surface area contributed by atoms with Crippen molar-refractivity contribution in [1.82, 2.24) is 14.8 Å². The predicted octanol–water partition coefficient (Wildman–Crippen LogP) is 5.87. The first-order valence-electron chi connectivity index (χ1n) is 6.88. The van der Waals surface area contributed by atoms with E-state index < -0.39 is 0 Å². The van der Waals surface area contributed by atoms with E-state index in [4.69, 9.17) is 34.8 Å². The highest BCUT2D eigenvalue weighted by Gasteiger charge is 2.15. The highest BCUT2D eigenvalue weighted by molar-refractivity contribution is 7.98. The third-order valence-corrected chi connectivity index (χ3v) is 5.36.